The first-order chi connectivity index (χ1) is 9.81. The maximum Gasteiger partial charge on any atom is 0.353 e. The molecule has 2 aromatic rings. The third kappa shape index (κ3) is 2.87. The van der Waals surface area contributed by atoms with Gasteiger partial charge in [-0.1, -0.05) is 0 Å². The molecular formula is C12H10BrN3O5. The minimum Gasteiger partial charge on any atom is -0.478 e. The van der Waals surface area contributed by atoms with Crippen molar-refractivity contribution in [1.82, 2.24) is 9.78 Å². The number of carboxylic acids is 1. The molecule has 8 nitrogen and oxygen atoms in total. The van der Waals surface area contributed by atoms with Gasteiger partial charge in [-0.25, -0.2) is 9.48 Å². The van der Waals surface area contributed by atoms with Crippen molar-refractivity contribution in [3.05, 3.63) is 44.0 Å². The predicted octanol–water partition coefficient (Wildman–Crippen LogP) is 2.89. The Hall–Kier alpha value is -2.42. The highest BCUT2D eigenvalue weighted by molar-refractivity contribution is 9.10. The van der Waals surface area contributed by atoms with Crippen molar-refractivity contribution in [3.8, 4) is 11.6 Å². The second-order valence-corrected chi connectivity index (χ2v) is 5.03. The summed E-state index contributed by atoms with van der Waals surface area (Å²) in [4.78, 5) is 21.4. The molecule has 1 heterocycles. The van der Waals surface area contributed by atoms with Crippen LogP contribution in [0.1, 0.15) is 16.1 Å². The maximum atomic E-state index is 11.1. The quantitative estimate of drug-likeness (QED) is 0.667. The lowest BCUT2D eigenvalue weighted by Crippen LogP contribution is -2.00. The molecule has 0 bridgehead atoms. The molecule has 0 unspecified atom stereocenters. The van der Waals surface area contributed by atoms with E-state index >= 15 is 0 Å². The number of ether oxygens (including phenoxy) is 1. The highest BCUT2D eigenvalue weighted by Gasteiger charge is 2.26. The molecule has 2 rings (SSSR count). The van der Waals surface area contributed by atoms with Crippen molar-refractivity contribution in [2.24, 2.45) is 7.05 Å². The van der Waals surface area contributed by atoms with E-state index in [1.54, 1.807) is 0 Å². The van der Waals surface area contributed by atoms with Gasteiger partial charge in [-0.15, -0.1) is 0 Å². The van der Waals surface area contributed by atoms with Gasteiger partial charge in [0.1, 0.15) is 11.4 Å². The number of nitrogens with zero attached hydrogens (tertiary/aromatic N) is 3. The van der Waals surface area contributed by atoms with Gasteiger partial charge in [0.2, 0.25) is 0 Å². The number of benzene rings is 1. The molecule has 21 heavy (non-hydrogen) atoms. The zero-order valence-electron chi connectivity index (χ0n) is 11.0. The Kier molecular flexibility index (Phi) is 3.94. The van der Waals surface area contributed by atoms with Crippen molar-refractivity contribution in [1.29, 1.82) is 0 Å². The first-order valence-electron chi connectivity index (χ1n) is 5.70. The van der Waals surface area contributed by atoms with Crippen molar-refractivity contribution < 1.29 is 19.6 Å². The van der Waals surface area contributed by atoms with Gasteiger partial charge in [-0.05, 0) is 41.1 Å². The van der Waals surface area contributed by atoms with E-state index in [9.17, 15) is 14.9 Å². The number of hydrogen-bond donors (Lipinski definition) is 1. The minimum absolute atomic E-state index is 0.00902. The third-order valence-electron chi connectivity index (χ3n) is 2.71. The molecule has 0 atom stereocenters. The molecule has 9 heteroatoms. The Morgan fingerprint density at radius 3 is 2.76 bits per heavy atom. The van der Waals surface area contributed by atoms with E-state index in [2.05, 4.69) is 21.0 Å². The summed E-state index contributed by atoms with van der Waals surface area (Å²) in [5, 5.41) is 24.0. The van der Waals surface area contributed by atoms with Crippen LogP contribution in [0.2, 0.25) is 0 Å². The van der Waals surface area contributed by atoms with E-state index in [-0.39, 0.29) is 28.6 Å². The molecule has 0 aliphatic heterocycles. The molecule has 0 saturated heterocycles. The van der Waals surface area contributed by atoms with Crippen molar-refractivity contribution in [3.63, 3.8) is 0 Å². The summed E-state index contributed by atoms with van der Waals surface area (Å²) in [5.41, 5.74) is -0.0390. The second kappa shape index (κ2) is 5.52. The number of hydrogen-bond acceptors (Lipinski definition) is 5. The largest absolute Gasteiger partial charge is 0.478 e. The molecule has 1 aromatic heterocycles. The van der Waals surface area contributed by atoms with Gasteiger partial charge >= 0.3 is 11.7 Å². The molecule has 0 spiro atoms. The number of carboxylic acid groups (broad SMARTS) is 1. The summed E-state index contributed by atoms with van der Waals surface area (Å²) >= 11 is 3.21. The van der Waals surface area contributed by atoms with Gasteiger partial charge in [-0.2, -0.15) is 5.10 Å². The summed E-state index contributed by atoms with van der Waals surface area (Å²) in [5.74, 6) is -1.04. The average molecular weight is 356 g/mol. The van der Waals surface area contributed by atoms with Crippen LogP contribution >= 0.6 is 15.9 Å². The van der Waals surface area contributed by atoms with Crippen LogP contribution in [0.4, 0.5) is 5.69 Å². The second-order valence-electron chi connectivity index (χ2n) is 4.17. The molecule has 110 valence electrons. The van der Waals surface area contributed by atoms with Crippen LogP contribution in [0.15, 0.2) is 22.7 Å². The molecule has 0 aliphatic rings. The van der Waals surface area contributed by atoms with Crippen LogP contribution in [0.3, 0.4) is 0 Å². The summed E-state index contributed by atoms with van der Waals surface area (Å²) in [6.07, 6.45) is 0. The highest BCUT2D eigenvalue weighted by atomic mass is 79.9. The van der Waals surface area contributed by atoms with Gasteiger partial charge in [0.15, 0.2) is 0 Å². The average Bonchev–Trinajstić information content (AvgIpc) is 2.66. The number of nitro groups is 1. The van der Waals surface area contributed by atoms with E-state index < -0.39 is 10.9 Å². The molecule has 0 radical (unpaired) electrons. The van der Waals surface area contributed by atoms with Crippen molar-refractivity contribution >= 4 is 27.6 Å². The van der Waals surface area contributed by atoms with Crippen LogP contribution in [0.5, 0.6) is 11.6 Å². The first-order valence-corrected chi connectivity index (χ1v) is 6.49. The van der Waals surface area contributed by atoms with Crippen LogP contribution < -0.4 is 4.74 Å². The lowest BCUT2D eigenvalue weighted by Gasteiger charge is -2.08. The lowest BCUT2D eigenvalue weighted by atomic mass is 10.2. The van der Waals surface area contributed by atoms with E-state index in [1.807, 2.05) is 0 Å². The van der Waals surface area contributed by atoms with Gasteiger partial charge < -0.3 is 9.84 Å². The molecule has 1 aromatic carbocycles. The highest BCUT2D eigenvalue weighted by Crippen LogP contribution is 2.36. The van der Waals surface area contributed by atoms with E-state index in [4.69, 9.17) is 9.84 Å². The number of halogens is 1. The molecule has 1 N–H and O–H groups in total. The topological polar surface area (TPSA) is 107 Å². The van der Waals surface area contributed by atoms with E-state index in [0.717, 1.165) is 0 Å². The standard InChI is InChI=1S/C12H10BrN3O5/c1-6-10(16(19)20)11(15(2)14-6)21-9-5-7(12(17)18)3-4-8(9)13/h3-5H,1-2H3,(H,17,18). The Morgan fingerprint density at radius 2 is 2.19 bits per heavy atom. The SMILES string of the molecule is Cc1nn(C)c(Oc2cc(C(=O)O)ccc2Br)c1[N+](=O)[O-]. The molecular weight excluding hydrogens is 346 g/mol. The number of aromatic nitrogens is 2. The van der Waals surface area contributed by atoms with E-state index in [1.165, 1.54) is 36.9 Å². The fourth-order valence-corrected chi connectivity index (χ4v) is 2.10. The Labute approximate surface area is 127 Å². The number of carbonyl (C=O) groups is 1. The summed E-state index contributed by atoms with van der Waals surface area (Å²) in [6, 6.07) is 4.16. The number of aryl methyl sites for hydroxylation is 2. The Balaban J connectivity index is 2.50. The first kappa shape index (κ1) is 15.0. The Bertz CT molecular complexity index is 741. The summed E-state index contributed by atoms with van der Waals surface area (Å²) < 4.78 is 7.19. The van der Waals surface area contributed by atoms with Crippen LogP contribution in [-0.4, -0.2) is 25.8 Å². The van der Waals surface area contributed by atoms with Crippen LogP contribution in [0, 0.1) is 17.0 Å². The summed E-state index contributed by atoms with van der Waals surface area (Å²) in [6.45, 7) is 1.49. The molecule has 0 fully saturated rings. The third-order valence-corrected chi connectivity index (χ3v) is 3.36. The Morgan fingerprint density at radius 1 is 1.52 bits per heavy atom. The zero-order chi connectivity index (χ0) is 15.7. The van der Waals surface area contributed by atoms with E-state index in [0.29, 0.717) is 4.47 Å². The van der Waals surface area contributed by atoms with Gasteiger partial charge in [0.05, 0.1) is 15.0 Å². The van der Waals surface area contributed by atoms with Gasteiger partial charge in [0, 0.05) is 7.05 Å². The molecule has 0 aliphatic carbocycles. The molecule has 0 saturated carbocycles. The molecule has 0 amide bonds. The van der Waals surface area contributed by atoms with Crippen molar-refractivity contribution in [2.75, 3.05) is 0 Å². The van der Waals surface area contributed by atoms with Gasteiger partial charge in [-0.3, -0.25) is 10.1 Å². The predicted molar refractivity (Wildman–Crippen MR) is 75.8 cm³/mol. The normalized spacial score (nSPS) is 10.4. The minimum atomic E-state index is -1.12. The fraction of sp³-hybridized carbons (Fsp3) is 0.167. The van der Waals surface area contributed by atoms with Crippen LogP contribution in [-0.2, 0) is 7.05 Å². The smallest absolute Gasteiger partial charge is 0.353 e. The monoisotopic (exact) mass is 355 g/mol. The summed E-state index contributed by atoms with van der Waals surface area (Å²) in [7, 11) is 1.50. The zero-order valence-corrected chi connectivity index (χ0v) is 12.6. The number of rotatable bonds is 4. The number of aromatic carboxylic acids is 1. The lowest BCUT2D eigenvalue weighted by molar-refractivity contribution is -0.386. The van der Waals surface area contributed by atoms with Crippen LogP contribution in [0.25, 0.3) is 0 Å². The maximum absolute atomic E-state index is 11.1. The van der Waals surface area contributed by atoms with Crippen molar-refractivity contribution in [2.45, 2.75) is 6.92 Å². The van der Waals surface area contributed by atoms with Gasteiger partial charge in [0.25, 0.3) is 5.88 Å². The fourth-order valence-electron chi connectivity index (χ4n) is 1.77.